The Hall–Kier alpha value is -1.46. The van der Waals surface area contributed by atoms with Crippen LogP contribution in [0.4, 0.5) is 5.69 Å². The van der Waals surface area contributed by atoms with Crippen LogP contribution in [0.5, 0.6) is 5.75 Å². The SMILES string of the molecule is COc1ccc(Cl)cc1N1CCC(NC(=O)CO)C1. The fourth-order valence-corrected chi connectivity index (χ4v) is 2.45. The van der Waals surface area contributed by atoms with Gasteiger partial charge in [0.05, 0.1) is 12.8 Å². The van der Waals surface area contributed by atoms with E-state index in [1.165, 1.54) is 0 Å². The van der Waals surface area contributed by atoms with Gasteiger partial charge >= 0.3 is 0 Å². The van der Waals surface area contributed by atoms with Crippen LogP contribution in [0.25, 0.3) is 0 Å². The molecule has 19 heavy (non-hydrogen) atoms. The Morgan fingerprint density at radius 1 is 1.63 bits per heavy atom. The average molecular weight is 285 g/mol. The molecular formula is C13H17ClN2O3. The number of hydrogen-bond acceptors (Lipinski definition) is 4. The number of anilines is 1. The molecular weight excluding hydrogens is 268 g/mol. The van der Waals surface area contributed by atoms with Crippen molar-refractivity contribution >= 4 is 23.2 Å². The standard InChI is InChI=1S/C13H17ClN2O3/c1-19-12-3-2-9(14)6-11(12)16-5-4-10(7-16)15-13(18)8-17/h2-3,6,10,17H,4-5,7-8H2,1H3,(H,15,18). The first-order chi connectivity index (χ1) is 9.13. The van der Waals surface area contributed by atoms with Crippen molar-refractivity contribution in [3.05, 3.63) is 23.2 Å². The Labute approximate surface area is 117 Å². The van der Waals surface area contributed by atoms with Gasteiger partial charge in [-0.25, -0.2) is 0 Å². The van der Waals surface area contributed by atoms with Crippen LogP contribution in [0.2, 0.25) is 5.02 Å². The summed E-state index contributed by atoms with van der Waals surface area (Å²) in [5, 5.41) is 12.2. The third-order valence-electron chi connectivity index (χ3n) is 3.18. The first-order valence-electron chi connectivity index (χ1n) is 6.12. The van der Waals surface area contributed by atoms with Crippen molar-refractivity contribution in [1.29, 1.82) is 0 Å². The molecule has 1 aromatic carbocycles. The molecule has 0 saturated carbocycles. The largest absolute Gasteiger partial charge is 0.495 e. The monoisotopic (exact) mass is 284 g/mol. The molecule has 1 aromatic rings. The maximum Gasteiger partial charge on any atom is 0.245 e. The summed E-state index contributed by atoms with van der Waals surface area (Å²) < 4.78 is 5.32. The smallest absolute Gasteiger partial charge is 0.245 e. The van der Waals surface area contributed by atoms with Crippen molar-refractivity contribution < 1.29 is 14.6 Å². The van der Waals surface area contributed by atoms with Gasteiger partial charge in [-0.05, 0) is 24.6 Å². The number of carbonyl (C=O) groups excluding carboxylic acids is 1. The lowest BCUT2D eigenvalue weighted by molar-refractivity contribution is -0.124. The highest BCUT2D eigenvalue weighted by Crippen LogP contribution is 2.33. The Morgan fingerprint density at radius 3 is 3.11 bits per heavy atom. The number of aliphatic hydroxyl groups is 1. The molecule has 0 aliphatic carbocycles. The lowest BCUT2D eigenvalue weighted by Crippen LogP contribution is -2.38. The number of halogens is 1. The maximum atomic E-state index is 11.2. The molecule has 1 amide bonds. The molecule has 0 aromatic heterocycles. The second-order valence-electron chi connectivity index (χ2n) is 4.47. The third kappa shape index (κ3) is 3.30. The molecule has 6 heteroatoms. The molecule has 1 fully saturated rings. The van der Waals surface area contributed by atoms with Crippen molar-refractivity contribution in [3.8, 4) is 5.75 Å². The minimum Gasteiger partial charge on any atom is -0.495 e. The summed E-state index contributed by atoms with van der Waals surface area (Å²) in [5.41, 5.74) is 0.927. The van der Waals surface area contributed by atoms with Gasteiger partial charge in [0, 0.05) is 24.2 Å². The Bertz CT molecular complexity index is 467. The van der Waals surface area contributed by atoms with Gasteiger partial charge in [0.25, 0.3) is 0 Å². The zero-order valence-corrected chi connectivity index (χ0v) is 11.5. The van der Waals surface area contributed by atoms with Crippen LogP contribution in [0.3, 0.4) is 0 Å². The van der Waals surface area contributed by atoms with Crippen molar-refractivity contribution in [2.45, 2.75) is 12.5 Å². The van der Waals surface area contributed by atoms with Crippen molar-refractivity contribution in [1.82, 2.24) is 5.32 Å². The summed E-state index contributed by atoms with van der Waals surface area (Å²) in [7, 11) is 1.62. The van der Waals surface area contributed by atoms with E-state index in [2.05, 4.69) is 10.2 Å². The number of methoxy groups -OCH3 is 1. The lowest BCUT2D eigenvalue weighted by Gasteiger charge is -2.21. The molecule has 1 unspecified atom stereocenters. The van der Waals surface area contributed by atoms with Gasteiger partial charge in [0.1, 0.15) is 12.4 Å². The highest BCUT2D eigenvalue weighted by atomic mass is 35.5. The van der Waals surface area contributed by atoms with Gasteiger partial charge in [-0.2, -0.15) is 0 Å². The second kappa shape index (κ2) is 6.12. The zero-order chi connectivity index (χ0) is 13.8. The molecule has 1 atom stereocenters. The van der Waals surface area contributed by atoms with E-state index in [1.807, 2.05) is 12.1 Å². The van der Waals surface area contributed by atoms with Gasteiger partial charge in [0.15, 0.2) is 0 Å². The van der Waals surface area contributed by atoms with Crippen LogP contribution in [0.15, 0.2) is 18.2 Å². The summed E-state index contributed by atoms with van der Waals surface area (Å²) in [6.45, 7) is 1.02. The van der Waals surface area contributed by atoms with E-state index in [-0.39, 0.29) is 11.9 Å². The van der Waals surface area contributed by atoms with Crippen LogP contribution < -0.4 is 15.0 Å². The second-order valence-corrected chi connectivity index (χ2v) is 4.91. The number of hydrogen-bond donors (Lipinski definition) is 2. The van der Waals surface area contributed by atoms with Crippen LogP contribution in [-0.4, -0.2) is 43.9 Å². The van der Waals surface area contributed by atoms with Gasteiger partial charge in [-0.1, -0.05) is 11.6 Å². The molecule has 5 nitrogen and oxygen atoms in total. The highest BCUT2D eigenvalue weighted by molar-refractivity contribution is 6.30. The van der Waals surface area contributed by atoms with Crippen LogP contribution in [-0.2, 0) is 4.79 Å². The number of nitrogens with zero attached hydrogens (tertiary/aromatic N) is 1. The summed E-state index contributed by atoms with van der Waals surface area (Å²) in [6.07, 6.45) is 0.835. The molecule has 1 heterocycles. The summed E-state index contributed by atoms with van der Waals surface area (Å²) in [5.74, 6) is 0.420. The minimum absolute atomic E-state index is 0.0448. The molecule has 0 spiro atoms. The quantitative estimate of drug-likeness (QED) is 0.867. The lowest BCUT2D eigenvalue weighted by atomic mass is 10.2. The third-order valence-corrected chi connectivity index (χ3v) is 3.41. The molecule has 2 rings (SSSR count). The number of rotatable bonds is 4. The fraction of sp³-hybridized carbons (Fsp3) is 0.462. The predicted molar refractivity (Wildman–Crippen MR) is 73.9 cm³/mol. The molecule has 1 aliphatic heterocycles. The van der Waals surface area contributed by atoms with E-state index in [0.717, 1.165) is 24.4 Å². The Morgan fingerprint density at radius 2 is 2.42 bits per heavy atom. The molecule has 0 bridgehead atoms. The molecule has 1 saturated heterocycles. The molecule has 2 N–H and O–H groups in total. The first-order valence-corrected chi connectivity index (χ1v) is 6.50. The van der Waals surface area contributed by atoms with E-state index in [1.54, 1.807) is 13.2 Å². The van der Waals surface area contributed by atoms with Crippen LogP contribution in [0.1, 0.15) is 6.42 Å². The summed E-state index contributed by atoms with van der Waals surface area (Å²) in [4.78, 5) is 13.3. The predicted octanol–water partition coefficient (Wildman–Crippen LogP) is 1.04. The number of ether oxygens (including phenoxy) is 1. The normalized spacial score (nSPS) is 18.5. The van der Waals surface area contributed by atoms with E-state index in [0.29, 0.717) is 11.6 Å². The van der Waals surface area contributed by atoms with E-state index < -0.39 is 6.61 Å². The van der Waals surface area contributed by atoms with Gasteiger partial charge in [0.2, 0.25) is 5.91 Å². The van der Waals surface area contributed by atoms with Gasteiger partial charge < -0.3 is 20.1 Å². The minimum atomic E-state index is -0.475. The van der Waals surface area contributed by atoms with Crippen molar-refractivity contribution in [3.63, 3.8) is 0 Å². The van der Waals surface area contributed by atoms with E-state index in [9.17, 15) is 4.79 Å². The fourth-order valence-electron chi connectivity index (χ4n) is 2.28. The van der Waals surface area contributed by atoms with Crippen molar-refractivity contribution in [2.75, 3.05) is 31.7 Å². The number of amides is 1. The highest BCUT2D eigenvalue weighted by Gasteiger charge is 2.25. The average Bonchev–Trinajstić information content (AvgIpc) is 2.86. The Kier molecular flexibility index (Phi) is 4.50. The van der Waals surface area contributed by atoms with Crippen LogP contribution >= 0.6 is 11.6 Å². The summed E-state index contributed by atoms with van der Waals surface area (Å²) in [6, 6.07) is 5.52. The molecule has 1 aliphatic rings. The van der Waals surface area contributed by atoms with Gasteiger partial charge in [-0.3, -0.25) is 4.79 Å². The first kappa shape index (κ1) is 14.0. The van der Waals surface area contributed by atoms with Crippen molar-refractivity contribution in [2.24, 2.45) is 0 Å². The molecule has 104 valence electrons. The van der Waals surface area contributed by atoms with Crippen LogP contribution in [0, 0.1) is 0 Å². The van der Waals surface area contributed by atoms with Gasteiger partial charge in [-0.15, -0.1) is 0 Å². The topological polar surface area (TPSA) is 61.8 Å². The zero-order valence-electron chi connectivity index (χ0n) is 10.7. The number of carbonyl (C=O) groups is 1. The van der Waals surface area contributed by atoms with E-state index in [4.69, 9.17) is 21.4 Å². The number of benzene rings is 1. The maximum absolute atomic E-state index is 11.2. The summed E-state index contributed by atoms with van der Waals surface area (Å²) >= 11 is 6.01. The number of aliphatic hydroxyl groups excluding tert-OH is 1. The molecule has 0 radical (unpaired) electrons. The van der Waals surface area contributed by atoms with E-state index >= 15 is 0 Å². The number of nitrogens with one attached hydrogen (secondary N) is 1. The Balaban J connectivity index is 2.08.